The number of aryl methyl sites for hydroxylation is 1. The van der Waals surface area contributed by atoms with Crippen LogP contribution >= 0.6 is 15.9 Å². The molecule has 0 radical (unpaired) electrons. The van der Waals surface area contributed by atoms with E-state index in [1.807, 2.05) is 43.3 Å². The monoisotopic (exact) mass is 330 g/mol. The molecule has 0 aromatic heterocycles. The summed E-state index contributed by atoms with van der Waals surface area (Å²) in [6.45, 7) is 2.93. The second-order valence-corrected chi connectivity index (χ2v) is 5.88. The minimum Gasteiger partial charge on any atom is -0.384 e. The molecule has 1 aliphatic rings. The van der Waals surface area contributed by atoms with Gasteiger partial charge in [0.25, 0.3) is 5.91 Å². The maximum absolute atomic E-state index is 12.3. The van der Waals surface area contributed by atoms with Crippen LogP contribution in [0.15, 0.2) is 40.9 Å². The largest absolute Gasteiger partial charge is 0.384 e. The van der Waals surface area contributed by atoms with Crippen LogP contribution in [-0.4, -0.2) is 12.5 Å². The number of carbonyl (C=O) groups is 1. The zero-order valence-corrected chi connectivity index (χ0v) is 12.8. The van der Waals surface area contributed by atoms with Gasteiger partial charge in [-0.05, 0) is 60.9 Å². The number of halogens is 1. The van der Waals surface area contributed by atoms with Gasteiger partial charge in [0.2, 0.25) is 0 Å². The molecular weight excluding hydrogens is 316 g/mol. The molecule has 3 nitrogen and oxygen atoms in total. The molecule has 0 fully saturated rings. The molecule has 0 unspecified atom stereocenters. The highest BCUT2D eigenvalue weighted by atomic mass is 79.9. The van der Waals surface area contributed by atoms with Crippen LogP contribution in [0.2, 0.25) is 0 Å². The van der Waals surface area contributed by atoms with E-state index >= 15 is 0 Å². The van der Waals surface area contributed by atoms with Gasteiger partial charge in [0.15, 0.2) is 0 Å². The van der Waals surface area contributed by atoms with E-state index in [2.05, 4.69) is 26.6 Å². The Kier molecular flexibility index (Phi) is 3.49. The Balaban J connectivity index is 1.82. The molecular formula is C16H15BrN2O. The number of fused-ring (bicyclic) bond motifs is 1. The molecule has 2 aromatic rings. The Morgan fingerprint density at radius 1 is 1.25 bits per heavy atom. The predicted octanol–water partition coefficient (Wildman–Crippen LogP) is 3.98. The second-order valence-electron chi connectivity index (χ2n) is 4.96. The van der Waals surface area contributed by atoms with Gasteiger partial charge in [-0.3, -0.25) is 4.79 Å². The lowest BCUT2D eigenvalue weighted by atomic mass is 10.1. The summed E-state index contributed by atoms with van der Waals surface area (Å²) < 4.78 is 1.01. The van der Waals surface area contributed by atoms with E-state index in [0.29, 0.717) is 5.56 Å². The maximum Gasteiger partial charge on any atom is 0.255 e. The van der Waals surface area contributed by atoms with E-state index in [-0.39, 0.29) is 5.91 Å². The van der Waals surface area contributed by atoms with Crippen molar-refractivity contribution in [3.63, 3.8) is 0 Å². The van der Waals surface area contributed by atoms with E-state index in [1.54, 1.807) is 0 Å². The van der Waals surface area contributed by atoms with E-state index in [9.17, 15) is 4.79 Å². The van der Waals surface area contributed by atoms with Crippen molar-refractivity contribution < 1.29 is 4.79 Å². The summed E-state index contributed by atoms with van der Waals surface area (Å²) in [5, 5.41) is 6.26. The summed E-state index contributed by atoms with van der Waals surface area (Å²) in [6, 6.07) is 11.6. The van der Waals surface area contributed by atoms with Crippen molar-refractivity contribution in [3.05, 3.63) is 57.6 Å². The fraction of sp³-hybridized carbons (Fsp3) is 0.188. The SMILES string of the molecule is Cc1cc(Br)ccc1NC(=O)c1ccc2c(c1)CCN2. The molecule has 20 heavy (non-hydrogen) atoms. The van der Waals surface area contributed by atoms with E-state index < -0.39 is 0 Å². The average Bonchev–Trinajstić information content (AvgIpc) is 2.89. The lowest BCUT2D eigenvalue weighted by Gasteiger charge is -2.09. The Morgan fingerprint density at radius 2 is 2.10 bits per heavy atom. The Morgan fingerprint density at radius 3 is 2.90 bits per heavy atom. The predicted molar refractivity (Wildman–Crippen MR) is 85.5 cm³/mol. The van der Waals surface area contributed by atoms with Gasteiger partial charge < -0.3 is 10.6 Å². The van der Waals surface area contributed by atoms with Crippen molar-refractivity contribution >= 4 is 33.2 Å². The molecule has 3 rings (SSSR count). The van der Waals surface area contributed by atoms with Crippen LogP contribution in [0.4, 0.5) is 11.4 Å². The first-order valence-electron chi connectivity index (χ1n) is 6.58. The van der Waals surface area contributed by atoms with Gasteiger partial charge >= 0.3 is 0 Å². The number of nitrogens with one attached hydrogen (secondary N) is 2. The first-order chi connectivity index (χ1) is 9.63. The van der Waals surface area contributed by atoms with Crippen molar-refractivity contribution in [3.8, 4) is 0 Å². The Hall–Kier alpha value is -1.81. The normalized spacial score (nSPS) is 12.7. The number of rotatable bonds is 2. The average molecular weight is 331 g/mol. The van der Waals surface area contributed by atoms with Gasteiger partial charge in [0.1, 0.15) is 0 Å². The smallest absolute Gasteiger partial charge is 0.255 e. The van der Waals surface area contributed by atoms with Crippen LogP contribution in [0.5, 0.6) is 0 Å². The summed E-state index contributed by atoms with van der Waals surface area (Å²) in [4.78, 5) is 12.3. The molecule has 1 amide bonds. The molecule has 0 aliphatic carbocycles. The zero-order chi connectivity index (χ0) is 14.1. The van der Waals surface area contributed by atoms with Gasteiger partial charge in [0.05, 0.1) is 0 Å². The number of carbonyl (C=O) groups excluding carboxylic acids is 1. The van der Waals surface area contributed by atoms with Crippen LogP contribution < -0.4 is 10.6 Å². The molecule has 0 saturated heterocycles. The Labute approximate surface area is 126 Å². The first-order valence-corrected chi connectivity index (χ1v) is 7.37. The first kappa shape index (κ1) is 13.2. The molecule has 1 aliphatic heterocycles. The highest BCUT2D eigenvalue weighted by Crippen LogP contribution is 2.24. The molecule has 4 heteroatoms. The van der Waals surface area contributed by atoms with E-state index in [4.69, 9.17) is 0 Å². The number of benzene rings is 2. The van der Waals surface area contributed by atoms with E-state index in [0.717, 1.165) is 34.4 Å². The number of hydrogen-bond acceptors (Lipinski definition) is 2. The van der Waals surface area contributed by atoms with Gasteiger partial charge in [-0.25, -0.2) is 0 Å². The second kappa shape index (κ2) is 5.29. The highest BCUT2D eigenvalue weighted by molar-refractivity contribution is 9.10. The fourth-order valence-corrected chi connectivity index (χ4v) is 2.88. The molecule has 0 spiro atoms. The summed E-state index contributed by atoms with van der Waals surface area (Å²) in [7, 11) is 0. The highest BCUT2D eigenvalue weighted by Gasteiger charge is 2.14. The summed E-state index contributed by atoms with van der Waals surface area (Å²) in [6.07, 6.45) is 0.980. The molecule has 0 atom stereocenters. The van der Waals surface area contributed by atoms with Gasteiger partial charge in [0, 0.05) is 28.0 Å². The molecule has 0 saturated carbocycles. The number of anilines is 2. The lowest BCUT2D eigenvalue weighted by Crippen LogP contribution is -2.13. The standard InChI is InChI=1S/C16H15BrN2O/c1-10-8-13(17)3-5-14(10)19-16(20)12-2-4-15-11(9-12)6-7-18-15/h2-5,8-9,18H,6-7H2,1H3,(H,19,20). The van der Waals surface area contributed by atoms with Gasteiger partial charge in [-0.15, -0.1) is 0 Å². The molecule has 102 valence electrons. The molecule has 2 aromatic carbocycles. The third-order valence-corrected chi connectivity index (χ3v) is 4.01. The van der Waals surface area contributed by atoms with Crippen LogP contribution in [0.3, 0.4) is 0 Å². The van der Waals surface area contributed by atoms with Crippen LogP contribution in [0.25, 0.3) is 0 Å². The Bertz CT molecular complexity index is 682. The third-order valence-electron chi connectivity index (χ3n) is 3.51. The minimum absolute atomic E-state index is 0.0647. The van der Waals surface area contributed by atoms with Crippen molar-refractivity contribution in [2.24, 2.45) is 0 Å². The third kappa shape index (κ3) is 2.56. The summed E-state index contributed by atoms with van der Waals surface area (Å²) in [5.74, 6) is -0.0647. The topological polar surface area (TPSA) is 41.1 Å². The maximum atomic E-state index is 12.3. The fourth-order valence-electron chi connectivity index (χ4n) is 2.41. The van der Waals surface area contributed by atoms with Crippen LogP contribution in [0.1, 0.15) is 21.5 Å². The van der Waals surface area contributed by atoms with Crippen LogP contribution in [-0.2, 0) is 6.42 Å². The molecule has 2 N–H and O–H groups in total. The van der Waals surface area contributed by atoms with Crippen molar-refractivity contribution in [1.29, 1.82) is 0 Å². The lowest BCUT2D eigenvalue weighted by molar-refractivity contribution is 0.102. The number of hydrogen-bond donors (Lipinski definition) is 2. The van der Waals surface area contributed by atoms with E-state index in [1.165, 1.54) is 5.56 Å². The van der Waals surface area contributed by atoms with Gasteiger partial charge in [-0.2, -0.15) is 0 Å². The van der Waals surface area contributed by atoms with Crippen molar-refractivity contribution in [2.45, 2.75) is 13.3 Å². The minimum atomic E-state index is -0.0647. The summed E-state index contributed by atoms with van der Waals surface area (Å²) in [5.41, 5.74) is 4.94. The van der Waals surface area contributed by atoms with Crippen molar-refractivity contribution in [1.82, 2.24) is 0 Å². The quantitative estimate of drug-likeness (QED) is 0.874. The summed E-state index contributed by atoms with van der Waals surface area (Å²) >= 11 is 3.42. The van der Waals surface area contributed by atoms with Crippen LogP contribution in [0, 0.1) is 6.92 Å². The number of amides is 1. The van der Waals surface area contributed by atoms with Crippen molar-refractivity contribution in [2.75, 3.05) is 17.2 Å². The molecule has 1 heterocycles. The van der Waals surface area contributed by atoms with Gasteiger partial charge in [-0.1, -0.05) is 15.9 Å². The molecule has 0 bridgehead atoms. The zero-order valence-electron chi connectivity index (χ0n) is 11.2.